The van der Waals surface area contributed by atoms with E-state index in [1.165, 1.54) is 0 Å². The lowest BCUT2D eigenvalue weighted by molar-refractivity contribution is 0.435. The quantitative estimate of drug-likeness (QED) is 0.721. The van der Waals surface area contributed by atoms with Gasteiger partial charge in [-0.1, -0.05) is 6.92 Å². The summed E-state index contributed by atoms with van der Waals surface area (Å²) in [4.78, 5) is 0. The maximum atomic E-state index is 11.3. The van der Waals surface area contributed by atoms with Crippen LogP contribution in [0.15, 0.2) is 0 Å². The Bertz CT molecular complexity index is 500. The highest BCUT2D eigenvalue weighted by molar-refractivity contribution is 7.91. The number of rotatable bonds is 4. The van der Waals surface area contributed by atoms with Crippen LogP contribution in [0, 0.1) is 16.7 Å². The predicted molar refractivity (Wildman–Crippen MR) is 60.3 cm³/mol. The molecule has 1 atom stereocenters. The van der Waals surface area contributed by atoms with E-state index in [-0.39, 0.29) is 35.9 Å². The van der Waals surface area contributed by atoms with Gasteiger partial charge >= 0.3 is 0 Å². The minimum atomic E-state index is -3.16. The Labute approximate surface area is 96.3 Å². The largest absolute Gasteiger partial charge is 0.229 e. The summed E-state index contributed by atoms with van der Waals surface area (Å²) in [5.41, 5.74) is -0.985. The van der Waals surface area contributed by atoms with E-state index in [9.17, 15) is 16.8 Å². The van der Waals surface area contributed by atoms with Crippen molar-refractivity contribution >= 4 is 19.7 Å². The number of hydrogen-bond acceptors (Lipinski definition) is 5. The fraction of sp³-hybridized carbons (Fsp3) is 0.889. The van der Waals surface area contributed by atoms with Crippen LogP contribution >= 0.6 is 0 Å². The lowest BCUT2D eigenvalue weighted by Crippen LogP contribution is -2.24. The Balaban J connectivity index is 2.76. The molecular weight excluding hydrogens is 250 g/mol. The SMILES string of the molecule is CCS(=O)(=O)CCC1(C#N)CCS(=O)(=O)C1. The maximum absolute atomic E-state index is 11.3. The molecule has 1 aliphatic heterocycles. The van der Waals surface area contributed by atoms with Gasteiger partial charge in [-0.05, 0) is 12.8 Å². The Kier molecular flexibility index (Phi) is 3.65. The van der Waals surface area contributed by atoms with E-state index in [0.717, 1.165) is 0 Å². The summed E-state index contributed by atoms with van der Waals surface area (Å²) in [6, 6.07) is 1.99. The molecule has 0 saturated carbocycles. The van der Waals surface area contributed by atoms with Gasteiger partial charge in [0.15, 0.2) is 9.84 Å². The van der Waals surface area contributed by atoms with Crippen molar-refractivity contribution in [2.24, 2.45) is 5.41 Å². The van der Waals surface area contributed by atoms with E-state index in [2.05, 4.69) is 0 Å². The van der Waals surface area contributed by atoms with Gasteiger partial charge in [0.05, 0.1) is 28.7 Å². The number of sulfone groups is 2. The Morgan fingerprint density at radius 3 is 2.44 bits per heavy atom. The molecule has 0 radical (unpaired) electrons. The zero-order valence-corrected chi connectivity index (χ0v) is 10.8. The van der Waals surface area contributed by atoms with Crippen molar-refractivity contribution in [1.82, 2.24) is 0 Å². The molecule has 0 spiro atoms. The van der Waals surface area contributed by atoms with Crippen molar-refractivity contribution in [3.05, 3.63) is 0 Å². The molecule has 92 valence electrons. The van der Waals surface area contributed by atoms with Crippen molar-refractivity contribution < 1.29 is 16.8 Å². The first-order valence-corrected chi connectivity index (χ1v) is 8.71. The van der Waals surface area contributed by atoms with Gasteiger partial charge in [-0.15, -0.1) is 0 Å². The molecule has 0 aromatic rings. The van der Waals surface area contributed by atoms with Crippen LogP contribution in [-0.2, 0) is 19.7 Å². The zero-order valence-electron chi connectivity index (χ0n) is 9.14. The van der Waals surface area contributed by atoms with Crippen molar-refractivity contribution in [2.75, 3.05) is 23.0 Å². The highest BCUT2D eigenvalue weighted by atomic mass is 32.2. The van der Waals surface area contributed by atoms with Crippen LogP contribution in [0.25, 0.3) is 0 Å². The van der Waals surface area contributed by atoms with Crippen LogP contribution in [0.5, 0.6) is 0 Å². The molecule has 0 aliphatic carbocycles. The van der Waals surface area contributed by atoms with E-state index in [4.69, 9.17) is 5.26 Å². The molecule has 1 aliphatic rings. The molecule has 16 heavy (non-hydrogen) atoms. The third-order valence-electron chi connectivity index (χ3n) is 2.96. The number of nitrogens with zero attached hydrogens (tertiary/aromatic N) is 1. The zero-order chi connectivity index (χ0) is 12.4. The average Bonchev–Trinajstić information content (AvgIpc) is 2.53. The van der Waals surface area contributed by atoms with Gasteiger partial charge in [-0.2, -0.15) is 5.26 Å². The van der Waals surface area contributed by atoms with Crippen molar-refractivity contribution in [3.8, 4) is 6.07 Å². The van der Waals surface area contributed by atoms with E-state index in [1.807, 2.05) is 6.07 Å². The fourth-order valence-electron chi connectivity index (χ4n) is 1.75. The third-order valence-corrected chi connectivity index (χ3v) is 6.48. The molecule has 1 fully saturated rings. The summed E-state index contributed by atoms with van der Waals surface area (Å²) in [7, 11) is -6.30. The first kappa shape index (κ1) is 13.5. The molecule has 1 unspecified atom stereocenters. The average molecular weight is 265 g/mol. The maximum Gasteiger partial charge on any atom is 0.151 e. The lowest BCUT2D eigenvalue weighted by Gasteiger charge is -2.17. The minimum Gasteiger partial charge on any atom is -0.229 e. The van der Waals surface area contributed by atoms with Crippen LogP contribution in [-0.4, -0.2) is 39.8 Å². The summed E-state index contributed by atoms with van der Waals surface area (Å²) in [5.74, 6) is -0.281. The van der Waals surface area contributed by atoms with E-state index in [0.29, 0.717) is 0 Å². The summed E-state index contributed by atoms with van der Waals surface area (Å²) < 4.78 is 45.2. The van der Waals surface area contributed by atoms with E-state index >= 15 is 0 Å². The molecule has 5 nitrogen and oxygen atoms in total. The minimum absolute atomic E-state index is 0.00721. The van der Waals surface area contributed by atoms with Gasteiger partial charge in [0.1, 0.15) is 9.84 Å². The smallest absolute Gasteiger partial charge is 0.151 e. The number of hydrogen-bond donors (Lipinski definition) is 0. The Morgan fingerprint density at radius 1 is 1.44 bits per heavy atom. The van der Waals surface area contributed by atoms with Crippen molar-refractivity contribution in [1.29, 1.82) is 5.26 Å². The topological polar surface area (TPSA) is 92.1 Å². The first-order chi connectivity index (χ1) is 7.24. The van der Waals surface area contributed by atoms with Gasteiger partial charge in [0.25, 0.3) is 0 Å². The molecule has 1 heterocycles. The molecule has 1 rings (SSSR count). The standard InChI is InChI=1S/C9H15NO4S2/c1-2-15(11,12)5-3-9(7-10)4-6-16(13,14)8-9/h2-6,8H2,1H3. The van der Waals surface area contributed by atoms with Crippen LogP contribution in [0.2, 0.25) is 0 Å². The van der Waals surface area contributed by atoms with Gasteiger partial charge in [0.2, 0.25) is 0 Å². The normalized spacial score (nSPS) is 28.8. The molecule has 0 aromatic heterocycles. The highest BCUT2D eigenvalue weighted by Crippen LogP contribution is 2.35. The second-order valence-electron chi connectivity index (χ2n) is 4.22. The predicted octanol–water partition coefficient (Wildman–Crippen LogP) is 0.140. The second-order valence-corrected chi connectivity index (χ2v) is 8.88. The van der Waals surface area contributed by atoms with Gasteiger partial charge in [0, 0.05) is 5.75 Å². The van der Waals surface area contributed by atoms with E-state index in [1.54, 1.807) is 6.92 Å². The van der Waals surface area contributed by atoms with E-state index < -0.39 is 25.1 Å². The fourth-order valence-corrected chi connectivity index (χ4v) is 4.78. The highest BCUT2D eigenvalue weighted by Gasteiger charge is 2.42. The molecule has 0 aromatic carbocycles. The molecular formula is C9H15NO4S2. The van der Waals surface area contributed by atoms with Gasteiger partial charge in [-0.3, -0.25) is 0 Å². The Hall–Kier alpha value is -0.610. The summed E-state index contributed by atoms with van der Waals surface area (Å²) in [6.45, 7) is 1.54. The molecule has 1 saturated heterocycles. The molecule has 0 bridgehead atoms. The van der Waals surface area contributed by atoms with Crippen LogP contribution in [0.1, 0.15) is 19.8 Å². The Morgan fingerprint density at radius 2 is 2.06 bits per heavy atom. The molecule has 7 heteroatoms. The van der Waals surface area contributed by atoms with Gasteiger partial charge in [-0.25, -0.2) is 16.8 Å². The summed E-state index contributed by atoms with van der Waals surface area (Å²) in [6.07, 6.45) is 0.379. The first-order valence-electron chi connectivity index (χ1n) is 5.06. The van der Waals surface area contributed by atoms with Gasteiger partial charge < -0.3 is 0 Å². The van der Waals surface area contributed by atoms with Crippen LogP contribution < -0.4 is 0 Å². The van der Waals surface area contributed by atoms with Crippen molar-refractivity contribution in [3.63, 3.8) is 0 Å². The second kappa shape index (κ2) is 4.34. The number of nitriles is 1. The summed E-state index contributed by atoms with van der Waals surface area (Å²) in [5, 5.41) is 9.01. The molecule has 0 N–H and O–H groups in total. The van der Waals surface area contributed by atoms with Crippen LogP contribution in [0.4, 0.5) is 0 Å². The third kappa shape index (κ3) is 3.19. The summed E-state index contributed by atoms with van der Waals surface area (Å²) >= 11 is 0. The monoisotopic (exact) mass is 265 g/mol. The van der Waals surface area contributed by atoms with Crippen molar-refractivity contribution in [2.45, 2.75) is 19.8 Å². The van der Waals surface area contributed by atoms with Crippen LogP contribution in [0.3, 0.4) is 0 Å². The lowest BCUT2D eigenvalue weighted by atomic mass is 9.87. The molecule has 0 amide bonds.